The van der Waals surface area contributed by atoms with Crippen molar-refractivity contribution < 1.29 is 56.5 Å². The molecule has 0 unspecified atom stereocenters. The molecule has 0 saturated heterocycles. The summed E-state index contributed by atoms with van der Waals surface area (Å²) >= 11 is 0. The van der Waals surface area contributed by atoms with E-state index in [1.807, 2.05) is 18.2 Å². The maximum atomic E-state index is 11.4. The number of para-hydroxylation sites is 1. The van der Waals surface area contributed by atoms with Gasteiger partial charge in [-0.3, -0.25) is 4.98 Å². The van der Waals surface area contributed by atoms with Gasteiger partial charge in [0.15, 0.2) is 0 Å². The van der Waals surface area contributed by atoms with Crippen molar-refractivity contribution in [1.29, 1.82) is 0 Å². The first-order valence-electron chi connectivity index (χ1n) is 4.04. The van der Waals surface area contributed by atoms with E-state index in [1.54, 1.807) is 30.6 Å². The molecular formula is C11H8KNO. The SMILES string of the molecule is [K+].[O-]c1ccccc1-c1cccnc1. The summed E-state index contributed by atoms with van der Waals surface area (Å²) < 4.78 is 0. The fourth-order valence-electron chi connectivity index (χ4n) is 1.23. The average molecular weight is 209 g/mol. The smallest absolute Gasteiger partial charge is 0.872 e. The molecule has 0 saturated carbocycles. The van der Waals surface area contributed by atoms with Crippen LogP contribution in [0.3, 0.4) is 0 Å². The van der Waals surface area contributed by atoms with Crippen molar-refractivity contribution in [1.82, 2.24) is 4.98 Å². The molecule has 0 aliphatic rings. The second-order valence-electron chi connectivity index (χ2n) is 2.74. The van der Waals surface area contributed by atoms with Gasteiger partial charge in [-0.05, 0) is 17.2 Å². The van der Waals surface area contributed by atoms with Crippen LogP contribution in [0.15, 0.2) is 48.8 Å². The summed E-state index contributed by atoms with van der Waals surface area (Å²) in [6.07, 6.45) is 3.38. The zero-order chi connectivity index (χ0) is 9.10. The summed E-state index contributed by atoms with van der Waals surface area (Å²) in [5, 5.41) is 11.4. The van der Waals surface area contributed by atoms with Gasteiger partial charge in [0.05, 0.1) is 0 Å². The first-order valence-corrected chi connectivity index (χ1v) is 4.04. The van der Waals surface area contributed by atoms with Gasteiger partial charge < -0.3 is 5.11 Å². The van der Waals surface area contributed by atoms with Crippen LogP contribution in [0.25, 0.3) is 11.1 Å². The molecule has 0 spiro atoms. The zero-order valence-electron chi connectivity index (χ0n) is 7.97. The minimum Gasteiger partial charge on any atom is -0.872 e. The van der Waals surface area contributed by atoms with Gasteiger partial charge >= 0.3 is 51.4 Å². The first-order chi connectivity index (χ1) is 6.38. The van der Waals surface area contributed by atoms with Crippen LogP contribution >= 0.6 is 0 Å². The molecule has 64 valence electrons. The predicted molar refractivity (Wildman–Crippen MR) is 49.1 cm³/mol. The Morgan fingerprint density at radius 1 is 1.00 bits per heavy atom. The van der Waals surface area contributed by atoms with Crippen LogP contribution in [0.4, 0.5) is 0 Å². The molecule has 0 aliphatic heterocycles. The van der Waals surface area contributed by atoms with Crippen molar-refractivity contribution in [3.05, 3.63) is 48.8 Å². The zero-order valence-corrected chi connectivity index (χ0v) is 11.1. The Hall–Kier alpha value is -0.194. The van der Waals surface area contributed by atoms with Gasteiger partial charge in [0.2, 0.25) is 0 Å². The summed E-state index contributed by atoms with van der Waals surface area (Å²) in [5.41, 5.74) is 1.57. The van der Waals surface area contributed by atoms with Crippen LogP contribution in [-0.4, -0.2) is 4.98 Å². The van der Waals surface area contributed by atoms with Gasteiger partial charge in [0, 0.05) is 12.4 Å². The summed E-state index contributed by atoms with van der Waals surface area (Å²) in [7, 11) is 0. The van der Waals surface area contributed by atoms with Gasteiger partial charge in [-0.1, -0.05) is 30.3 Å². The number of benzene rings is 1. The molecule has 0 aliphatic carbocycles. The third-order valence-corrected chi connectivity index (χ3v) is 1.86. The molecule has 0 radical (unpaired) electrons. The van der Waals surface area contributed by atoms with Crippen LogP contribution in [-0.2, 0) is 0 Å². The second-order valence-corrected chi connectivity index (χ2v) is 2.74. The molecular weight excluding hydrogens is 201 g/mol. The molecule has 0 atom stereocenters. The summed E-state index contributed by atoms with van der Waals surface area (Å²) in [5.74, 6) is 0.0375. The second kappa shape index (κ2) is 5.63. The molecule has 14 heavy (non-hydrogen) atoms. The summed E-state index contributed by atoms with van der Waals surface area (Å²) in [6.45, 7) is 0. The number of hydrogen-bond acceptors (Lipinski definition) is 2. The van der Waals surface area contributed by atoms with Crippen LogP contribution in [0.2, 0.25) is 0 Å². The normalized spacial score (nSPS) is 9.14. The van der Waals surface area contributed by atoms with E-state index in [-0.39, 0.29) is 57.1 Å². The van der Waals surface area contributed by atoms with E-state index in [0.29, 0.717) is 5.56 Å². The Bertz CT molecular complexity index is 403. The Kier molecular flexibility index (Phi) is 4.78. The average Bonchev–Trinajstić information content (AvgIpc) is 2.20. The molecule has 0 fully saturated rings. The number of rotatable bonds is 1. The molecule has 2 nitrogen and oxygen atoms in total. The summed E-state index contributed by atoms with van der Waals surface area (Å²) in [6, 6.07) is 10.7. The van der Waals surface area contributed by atoms with Gasteiger partial charge in [-0.15, -0.1) is 5.75 Å². The molecule has 2 aromatic rings. The van der Waals surface area contributed by atoms with Crippen molar-refractivity contribution in [2.24, 2.45) is 0 Å². The van der Waals surface area contributed by atoms with E-state index >= 15 is 0 Å². The topological polar surface area (TPSA) is 36.0 Å². The number of nitrogens with zero attached hydrogens (tertiary/aromatic N) is 1. The van der Waals surface area contributed by atoms with Gasteiger partial charge in [0.25, 0.3) is 0 Å². The van der Waals surface area contributed by atoms with Crippen molar-refractivity contribution in [2.45, 2.75) is 0 Å². The largest absolute Gasteiger partial charge is 1.00 e. The Labute approximate surface area is 125 Å². The molecule has 3 heteroatoms. The van der Waals surface area contributed by atoms with Crippen molar-refractivity contribution in [2.75, 3.05) is 0 Å². The van der Waals surface area contributed by atoms with Crippen molar-refractivity contribution in [3.63, 3.8) is 0 Å². The Morgan fingerprint density at radius 3 is 2.43 bits per heavy atom. The predicted octanol–water partition coefficient (Wildman–Crippen LogP) is -1.17. The fraction of sp³-hybridized carbons (Fsp3) is 0. The van der Waals surface area contributed by atoms with Crippen LogP contribution < -0.4 is 56.5 Å². The van der Waals surface area contributed by atoms with E-state index in [0.717, 1.165) is 5.56 Å². The van der Waals surface area contributed by atoms with Crippen LogP contribution in [0.5, 0.6) is 5.75 Å². The van der Waals surface area contributed by atoms with Crippen molar-refractivity contribution in [3.8, 4) is 16.9 Å². The third-order valence-electron chi connectivity index (χ3n) is 1.86. The minimum absolute atomic E-state index is 0. The summed E-state index contributed by atoms with van der Waals surface area (Å²) in [4.78, 5) is 3.96. The van der Waals surface area contributed by atoms with E-state index in [4.69, 9.17) is 0 Å². The number of aromatic nitrogens is 1. The molecule has 1 aromatic heterocycles. The minimum atomic E-state index is 0. The molecule has 2 rings (SSSR count). The van der Waals surface area contributed by atoms with Crippen molar-refractivity contribution >= 4 is 0 Å². The fourth-order valence-corrected chi connectivity index (χ4v) is 1.23. The number of pyridine rings is 1. The van der Waals surface area contributed by atoms with E-state index in [9.17, 15) is 5.11 Å². The first kappa shape index (κ1) is 11.9. The van der Waals surface area contributed by atoms with Crippen LogP contribution in [0.1, 0.15) is 0 Å². The Balaban J connectivity index is 0.000000980. The quantitative estimate of drug-likeness (QED) is 0.555. The maximum absolute atomic E-state index is 11.4. The Morgan fingerprint density at radius 2 is 1.79 bits per heavy atom. The molecule has 1 heterocycles. The molecule has 0 amide bonds. The van der Waals surface area contributed by atoms with E-state index < -0.39 is 0 Å². The van der Waals surface area contributed by atoms with Gasteiger partial charge in [-0.2, -0.15) is 0 Å². The van der Waals surface area contributed by atoms with E-state index in [2.05, 4.69) is 4.98 Å². The van der Waals surface area contributed by atoms with Gasteiger partial charge in [0.1, 0.15) is 0 Å². The molecule has 1 aromatic carbocycles. The van der Waals surface area contributed by atoms with Crippen LogP contribution in [0, 0.1) is 0 Å². The van der Waals surface area contributed by atoms with Gasteiger partial charge in [-0.25, -0.2) is 0 Å². The molecule has 0 bridgehead atoms. The third kappa shape index (κ3) is 2.65. The monoisotopic (exact) mass is 209 g/mol. The standard InChI is InChI=1S/C11H9NO.K/c13-11-6-2-1-5-10(11)9-4-3-7-12-8-9;/h1-8,13H;/q;+1/p-1. The molecule has 0 N–H and O–H groups in total. The number of hydrogen-bond donors (Lipinski definition) is 0. The van der Waals surface area contributed by atoms with E-state index in [1.165, 1.54) is 0 Å². The maximum Gasteiger partial charge on any atom is 1.00 e.